The summed E-state index contributed by atoms with van der Waals surface area (Å²) in [6.07, 6.45) is 2.68. The first-order valence-electron chi connectivity index (χ1n) is 7.89. The minimum absolute atomic E-state index is 0.139. The largest absolute Gasteiger partial charge is 0.341 e. The van der Waals surface area contributed by atoms with Gasteiger partial charge >= 0.3 is 0 Å². The van der Waals surface area contributed by atoms with Gasteiger partial charge in [-0.15, -0.1) is 0 Å². The summed E-state index contributed by atoms with van der Waals surface area (Å²) < 4.78 is 0. The molecule has 0 bridgehead atoms. The van der Waals surface area contributed by atoms with Crippen molar-refractivity contribution < 1.29 is 9.59 Å². The molecule has 4 nitrogen and oxygen atoms in total. The molecule has 116 valence electrons. The lowest BCUT2D eigenvalue weighted by Gasteiger charge is -2.29. The summed E-state index contributed by atoms with van der Waals surface area (Å²) in [5.41, 5.74) is -0.339. The van der Waals surface area contributed by atoms with Crippen LogP contribution in [0.1, 0.15) is 53.9 Å². The van der Waals surface area contributed by atoms with Gasteiger partial charge in [-0.3, -0.25) is 9.59 Å². The molecule has 0 N–H and O–H groups in total. The minimum atomic E-state index is -0.339. The Morgan fingerprint density at radius 3 is 1.95 bits per heavy atom. The van der Waals surface area contributed by atoms with Gasteiger partial charge in [-0.2, -0.15) is 0 Å². The molecule has 0 radical (unpaired) electrons. The van der Waals surface area contributed by atoms with Crippen LogP contribution >= 0.6 is 0 Å². The molecule has 0 aliphatic carbocycles. The predicted molar refractivity (Wildman–Crippen MR) is 81.3 cm³/mol. The van der Waals surface area contributed by atoms with Gasteiger partial charge in [-0.25, -0.2) is 0 Å². The zero-order valence-corrected chi connectivity index (χ0v) is 13.7. The fraction of sp³-hybridized carbons (Fsp3) is 0.875. The van der Waals surface area contributed by atoms with Crippen LogP contribution in [-0.4, -0.2) is 47.8 Å². The van der Waals surface area contributed by atoms with E-state index in [1.165, 1.54) is 0 Å². The van der Waals surface area contributed by atoms with Gasteiger partial charge in [0, 0.05) is 37.5 Å². The molecule has 1 fully saturated rings. The summed E-state index contributed by atoms with van der Waals surface area (Å²) in [7, 11) is 0. The van der Waals surface area contributed by atoms with Gasteiger partial charge < -0.3 is 9.80 Å². The topological polar surface area (TPSA) is 40.6 Å². The van der Waals surface area contributed by atoms with Crippen LogP contribution in [0.2, 0.25) is 0 Å². The van der Waals surface area contributed by atoms with Crippen molar-refractivity contribution >= 4 is 11.8 Å². The molecule has 0 unspecified atom stereocenters. The van der Waals surface area contributed by atoms with E-state index in [9.17, 15) is 9.59 Å². The lowest BCUT2D eigenvalue weighted by molar-refractivity contribution is -0.140. The van der Waals surface area contributed by atoms with Crippen molar-refractivity contribution in [3.8, 4) is 0 Å². The average molecular weight is 282 g/mol. The summed E-state index contributed by atoms with van der Waals surface area (Å²) in [5.74, 6) is 0.592. The van der Waals surface area contributed by atoms with Crippen LogP contribution in [0.15, 0.2) is 0 Å². The Balaban J connectivity index is 2.64. The lowest BCUT2D eigenvalue weighted by atomic mass is 9.94. The summed E-state index contributed by atoms with van der Waals surface area (Å²) in [4.78, 5) is 28.6. The fourth-order valence-electron chi connectivity index (χ4n) is 2.71. The maximum atomic E-state index is 12.4. The van der Waals surface area contributed by atoms with Gasteiger partial charge in [0.1, 0.15) is 0 Å². The van der Waals surface area contributed by atoms with E-state index in [0.717, 1.165) is 32.4 Å². The molecule has 0 aromatic heterocycles. The van der Waals surface area contributed by atoms with Crippen molar-refractivity contribution in [3.63, 3.8) is 0 Å². The number of carbonyl (C=O) groups is 2. The van der Waals surface area contributed by atoms with Gasteiger partial charge in [0.2, 0.25) is 11.8 Å². The molecule has 1 aliphatic heterocycles. The van der Waals surface area contributed by atoms with E-state index in [-0.39, 0.29) is 23.1 Å². The van der Waals surface area contributed by atoms with Crippen LogP contribution < -0.4 is 0 Å². The molecule has 0 spiro atoms. The molecule has 0 atom stereocenters. The molecule has 0 saturated carbocycles. The molecule has 1 saturated heterocycles. The van der Waals surface area contributed by atoms with Crippen molar-refractivity contribution in [2.45, 2.75) is 53.9 Å². The number of hydrogen-bond acceptors (Lipinski definition) is 2. The third kappa shape index (κ3) is 4.22. The van der Waals surface area contributed by atoms with Gasteiger partial charge in [0.15, 0.2) is 0 Å². The zero-order chi connectivity index (χ0) is 15.3. The highest BCUT2D eigenvalue weighted by Gasteiger charge is 2.30. The lowest BCUT2D eigenvalue weighted by Crippen LogP contribution is -2.43. The molecule has 1 heterocycles. The van der Waals surface area contributed by atoms with E-state index in [4.69, 9.17) is 0 Å². The highest BCUT2D eigenvalue weighted by molar-refractivity contribution is 5.82. The highest BCUT2D eigenvalue weighted by atomic mass is 16.2. The van der Waals surface area contributed by atoms with Gasteiger partial charge in [-0.05, 0) is 19.3 Å². The third-order valence-corrected chi connectivity index (χ3v) is 4.07. The molecule has 20 heavy (non-hydrogen) atoms. The van der Waals surface area contributed by atoms with Crippen LogP contribution in [0.4, 0.5) is 0 Å². The van der Waals surface area contributed by atoms with Crippen molar-refractivity contribution in [1.29, 1.82) is 0 Å². The van der Waals surface area contributed by atoms with Crippen molar-refractivity contribution in [2.24, 2.45) is 11.3 Å². The van der Waals surface area contributed by atoms with Crippen LogP contribution in [0, 0.1) is 11.3 Å². The Hall–Kier alpha value is -1.06. The molecular weight excluding hydrogens is 252 g/mol. The SMILES string of the molecule is CCC(CC)C(=O)N1CCCN(C(=O)C(C)(C)C)CC1. The maximum absolute atomic E-state index is 12.4. The molecule has 2 amide bonds. The number of rotatable bonds is 3. The van der Waals surface area contributed by atoms with Gasteiger partial charge in [0.25, 0.3) is 0 Å². The van der Waals surface area contributed by atoms with E-state index in [1.807, 2.05) is 30.6 Å². The Labute approximate surface area is 123 Å². The third-order valence-electron chi connectivity index (χ3n) is 4.07. The summed E-state index contributed by atoms with van der Waals surface area (Å²) in [6.45, 7) is 12.9. The number of hydrogen-bond donors (Lipinski definition) is 0. The van der Waals surface area contributed by atoms with Gasteiger partial charge in [-0.1, -0.05) is 34.6 Å². The Kier molecular flexibility index (Phi) is 6.03. The van der Waals surface area contributed by atoms with Crippen molar-refractivity contribution in [2.75, 3.05) is 26.2 Å². The molecule has 0 aromatic rings. The fourth-order valence-corrected chi connectivity index (χ4v) is 2.71. The highest BCUT2D eigenvalue weighted by Crippen LogP contribution is 2.20. The monoisotopic (exact) mass is 282 g/mol. The first-order valence-corrected chi connectivity index (χ1v) is 7.89. The van der Waals surface area contributed by atoms with E-state index in [0.29, 0.717) is 13.1 Å². The maximum Gasteiger partial charge on any atom is 0.228 e. The van der Waals surface area contributed by atoms with Crippen LogP contribution in [-0.2, 0) is 9.59 Å². The first-order chi connectivity index (χ1) is 9.31. The quantitative estimate of drug-likeness (QED) is 0.798. The van der Waals surface area contributed by atoms with E-state index in [2.05, 4.69) is 13.8 Å². The van der Waals surface area contributed by atoms with Crippen LogP contribution in [0.25, 0.3) is 0 Å². The molecule has 1 rings (SSSR count). The second-order valence-electron chi connectivity index (χ2n) is 6.73. The molecular formula is C16H30N2O2. The molecule has 4 heteroatoms. The summed E-state index contributed by atoms with van der Waals surface area (Å²) >= 11 is 0. The molecule has 1 aliphatic rings. The van der Waals surface area contributed by atoms with Crippen LogP contribution in [0.5, 0.6) is 0 Å². The second kappa shape index (κ2) is 7.09. The summed E-state index contributed by atoms with van der Waals surface area (Å²) in [5, 5.41) is 0. The minimum Gasteiger partial charge on any atom is -0.341 e. The normalized spacial score (nSPS) is 17.3. The zero-order valence-electron chi connectivity index (χ0n) is 13.7. The predicted octanol–water partition coefficient (Wildman–Crippen LogP) is 2.53. The Morgan fingerprint density at radius 2 is 1.45 bits per heavy atom. The van der Waals surface area contributed by atoms with E-state index >= 15 is 0 Å². The number of carbonyl (C=O) groups excluding carboxylic acids is 2. The smallest absolute Gasteiger partial charge is 0.228 e. The van der Waals surface area contributed by atoms with Crippen LogP contribution in [0.3, 0.4) is 0 Å². The average Bonchev–Trinajstić information content (AvgIpc) is 2.63. The standard InChI is InChI=1S/C16H30N2O2/c1-6-13(7-2)14(19)17-9-8-10-18(12-11-17)15(20)16(3,4)5/h13H,6-12H2,1-5H3. The number of amides is 2. The van der Waals surface area contributed by atoms with E-state index in [1.54, 1.807) is 0 Å². The Morgan fingerprint density at radius 1 is 0.950 bits per heavy atom. The Bertz CT molecular complexity index is 343. The summed E-state index contributed by atoms with van der Waals surface area (Å²) in [6, 6.07) is 0. The molecule has 0 aromatic carbocycles. The number of nitrogens with zero attached hydrogens (tertiary/aromatic N) is 2. The van der Waals surface area contributed by atoms with Crippen molar-refractivity contribution in [3.05, 3.63) is 0 Å². The van der Waals surface area contributed by atoms with Crippen molar-refractivity contribution in [1.82, 2.24) is 9.80 Å². The first kappa shape index (κ1) is 17.0. The second-order valence-corrected chi connectivity index (χ2v) is 6.73. The van der Waals surface area contributed by atoms with E-state index < -0.39 is 0 Å². The van der Waals surface area contributed by atoms with Gasteiger partial charge in [0.05, 0.1) is 0 Å².